The number of benzene rings is 1. The van der Waals surface area contributed by atoms with E-state index in [1.807, 2.05) is 18.4 Å². The first-order valence-corrected chi connectivity index (χ1v) is 6.12. The molecule has 0 unspecified atom stereocenters. The van der Waals surface area contributed by atoms with Crippen molar-refractivity contribution in [2.75, 3.05) is 5.43 Å². The summed E-state index contributed by atoms with van der Waals surface area (Å²) in [5.74, 6) is 0. The lowest BCUT2D eigenvalue weighted by atomic mass is 10.3. The number of thiophene rings is 1. The molecule has 0 bridgehead atoms. The van der Waals surface area contributed by atoms with Crippen molar-refractivity contribution >= 4 is 28.9 Å². The van der Waals surface area contributed by atoms with Crippen molar-refractivity contribution in [3.8, 4) is 0 Å². The number of rotatable bonds is 4. The van der Waals surface area contributed by atoms with Crippen LogP contribution in [0.5, 0.6) is 0 Å². The highest BCUT2D eigenvalue weighted by molar-refractivity contribution is 7.11. The Bertz CT molecular complexity index is 575. The number of nitrogens with zero attached hydrogens (tertiary/aromatic N) is 2. The van der Waals surface area contributed by atoms with Gasteiger partial charge in [0.2, 0.25) is 0 Å². The number of anilines is 1. The van der Waals surface area contributed by atoms with Gasteiger partial charge in [0.1, 0.15) is 0 Å². The van der Waals surface area contributed by atoms with E-state index < -0.39 is 4.92 Å². The Kier molecular flexibility index (Phi) is 3.69. The van der Waals surface area contributed by atoms with E-state index in [2.05, 4.69) is 10.5 Å². The van der Waals surface area contributed by atoms with Gasteiger partial charge in [-0.2, -0.15) is 5.10 Å². The molecule has 0 aliphatic heterocycles. The van der Waals surface area contributed by atoms with Crippen molar-refractivity contribution in [2.45, 2.75) is 6.92 Å². The van der Waals surface area contributed by atoms with E-state index in [1.54, 1.807) is 29.7 Å². The molecular formula is C12H11N3O2S. The number of hydrazone groups is 1. The minimum absolute atomic E-state index is 0.0682. The first-order chi connectivity index (χ1) is 8.66. The molecule has 18 heavy (non-hydrogen) atoms. The summed E-state index contributed by atoms with van der Waals surface area (Å²) >= 11 is 1.61. The van der Waals surface area contributed by atoms with Crippen LogP contribution in [0.25, 0.3) is 0 Å². The van der Waals surface area contributed by atoms with Gasteiger partial charge in [0, 0.05) is 17.0 Å². The van der Waals surface area contributed by atoms with Crippen molar-refractivity contribution in [1.82, 2.24) is 0 Å². The molecule has 0 amide bonds. The largest absolute Gasteiger partial charge is 0.278 e. The highest BCUT2D eigenvalue weighted by Gasteiger charge is 2.02. The number of nitro groups is 1. The van der Waals surface area contributed by atoms with Crippen molar-refractivity contribution < 1.29 is 4.92 Å². The number of hydrogen-bond donors (Lipinski definition) is 1. The van der Waals surface area contributed by atoms with E-state index >= 15 is 0 Å². The highest BCUT2D eigenvalue weighted by atomic mass is 32.1. The second-order valence-corrected chi connectivity index (χ2v) is 4.59. The molecular weight excluding hydrogens is 250 g/mol. The van der Waals surface area contributed by atoms with Crippen LogP contribution in [0.2, 0.25) is 0 Å². The third kappa shape index (κ3) is 2.92. The van der Waals surface area contributed by atoms with Crippen LogP contribution in [0, 0.1) is 17.0 Å². The summed E-state index contributed by atoms with van der Waals surface area (Å²) in [6.07, 6.45) is 1.74. The summed E-state index contributed by atoms with van der Waals surface area (Å²) in [7, 11) is 0. The van der Waals surface area contributed by atoms with Crippen LogP contribution in [0.3, 0.4) is 0 Å². The molecule has 6 heteroatoms. The smallest absolute Gasteiger partial charge is 0.269 e. The molecule has 0 saturated heterocycles. The van der Waals surface area contributed by atoms with Crippen LogP contribution in [0.15, 0.2) is 40.8 Å². The van der Waals surface area contributed by atoms with E-state index in [0.29, 0.717) is 5.69 Å². The summed E-state index contributed by atoms with van der Waals surface area (Å²) < 4.78 is 0. The predicted octanol–water partition coefficient (Wildman–Crippen LogP) is 3.41. The van der Waals surface area contributed by atoms with E-state index in [1.165, 1.54) is 17.7 Å². The summed E-state index contributed by atoms with van der Waals surface area (Å²) in [6, 6.07) is 8.15. The third-order valence-corrected chi connectivity index (χ3v) is 3.31. The molecule has 0 fully saturated rings. The zero-order chi connectivity index (χ0) is 13.0. The Morgan fingerprint density at radius 1 is 1.33 bits per heavy atom. The molecule has 2 aromatic rings. The fourth-order valence-electron chi connectivity index (χ4n) is 1.34. The molecule has 0 aliphatic carbocycles. The monoisotopic (exact) mass is 261 g/mol. The molecule has 2 rings (SSSR count). The lowest BCUT2D eigenvalue weighted by Gasteiger charge is -1.98. The van der Waals surface area contributed by atoms with Crippen molar-refractivity contribution in [1.29, 1.82) is 0 Å². The third-order valence-electron chi connectivity index (χ3n) is 2.36. The highest BCUT2D eigenvalue weighted by Crippen LogP contribution is 2.16. The topological polar surface area (TPSA) is 67.5 Å². The fraction of sp³-hybridized carbons (Fsp3) is 0.0833. The minimum Gasteiger partial charge on any atom is -0.278 e. The van der Waals surface area contributed by atoms with Gasteiger partial charge in [-0.3, -0.25) is 15.5 Å². The lowest BCUT2D eigenvalue weighted by Crippen LogP contribution is -1.91. The van der Waals surface area contributed by atoms with Gasteiger partial charge in [-0.15, -0.1) is 11.3 Å². The first kappa shape index (κ1) is 12.3. The fourth-order valence-corrected chi connectivity index (χ4v) is 2.13. The summed E-state index contributed by atoms with van der Waals surface area (Å²) in [6.45, 7) is 2.02. The van der Waals surface area contributed by atoms with Gasteiger partial charge in [0.05, 0.1) is 16.8 Å². The SMILES string of the molecule is Cc1ccsc1/C=N\Nc1ccc([N+](=O)[O-])cc1. The maximum absolute atomic E-state index is 10.5. The van der Waals surface area contributed by atoms with Gasteiger partial charge in [0.25, 0.3) is 5.69 Å². The average Bonchev–Trinajstić information content (AvgIpc) is 2.76. The Morgan fingerprint density at radius 2 is 2.06 bits per heavy atom. The molecule has 0 saturated carbocycles. The molecule has 0 radical (unpaired) electrons. The molecule has 1 N–H and O–H groups in total. The van der Waals surface area contributed by atoms with Crippen LogP contribution in [0.1, 0.15) is 10.4 Å². The maximum atomic E-state index is 10.5. The molecule has 0 aliphatic rings. The number of nitro benzene ring substituents is 1. The Hall–Kier alpha value is -2.21. The van der Waals surface area contributed by atoms with Gasteiger partial charge in [0.15, 0.2) is 0 Å². The van der Waals surface area contributed by atoms with Crippen LogP contribution in [-0.2, 0) is 0 Å². The average molecular weight is 261 g/mol. The maximum Gasteiger partial charge on any atom is 0.269 e. The Morgan fingerprint density at radius 3 is 2.61 bits per heavy atom. The predicted molar refractivity (Wildman–Crippen MR) is 73.4 cm³/mol. The number of aryl methyl sites for hydroxylation is 1. The zero-order valence-corrected chi connectivity index (χ0v) is 10.5. The van der Waals surface area contributed by atoms with Crippen molar-refractivity contribution in [3.05, 3.63) is 56.3 Å². The standard InChI is InChI=1S/C12H11N3O2S/c1-9-6-7-18-12(9)8-13-14-10-2-4-11(5-3-10)15(16)17/h2-8,14H,1H3/b13-8-. The molecule has 5 nitrogen and oxygen atoms in total. The van der Waals surface area contributed by atoms with E-state index in [0.717, 1.165) is 4.88 Å². The second kappa shape index (κ2) is 5.42. The van der Waals surface area contributed by atoms with E-state index in [-0.39, 0.29) is 5.69 Å². The second-order valence-electron chi connectivity index (χ2n) is 3.64. The van der Waals surface area contributed by atoms with Crippen LogP contribution in [0.4, 0.5) is 11.4 Å². The van der Waals surface area contributed by atoms with Gasteiger partial charge in [-0.1, -0.05) is 0 Å². The molecule has 1 heterocycles. The van der Waals surface area contributed by atoms with Crippen molar-refractivity contribution in [2.24, 2.45) is 5.10 Å². The Labute approximate surface area is 108 Å². The summed E-state index contributed by atoms with van der Waals surface area (Å²) in [4.78, 5) is 11.1. The molecule has 0 atom stereocenters. The normalized spacial score (nSPS) is 10.7. The summed E-state index contributed by atoms with van der Waals surface area (Å²) in [5, 5.41) is 16.6. The molecule has 92 valence electrons. The minimum atomic E-state index is -0.429. The van der Waals surface area contributed by atoms with Crippen LogP contribution in [-0.4, -0.2) is 11.1 Å². The molecule has 1 aromatic heterocycles. The van der Waals surface area contributed by atoms with Gasteiger partial charge in [-0.25, -0.2) is 0 Å². The Balaban J connectivity index is 2.00. The van der Waals surface area contributed by atoms with Gasteiger partial charge >= 0.3 is 0 Å². The zero-order valence-electron chi connectivity index (χ0n) is 9.66. The molecule has 0 spiro atoms. The van der Waals surface area contributed by atoms with E-state index in [9.17, 15) is 10.1 Å². The lowest BCUT2D eigenvalue weighted by molar-refractivity contribution is -0.384. The van der Waals surface area contributed by atoms with Crippen LogP contribution < -0.4 is 5.43 Å². The number of nitrogens with one attached hydrogen (secondary N) is 1. The first-order valence-electron chi connectivity index (χ1n) is 5.24. The van der Waals surface area contributed by atoms with Gasteiger partial charge in [-0.05, 0) is 36.1 Å². The van der Waals surface area contributed by atoms with Gasteiger partial charge < -0.3 is 0 Å². The van der Waals surface area contributed by atoms with E-state index in [4.69, 9.17) is 0 Å². The number of hydrogen-bond acceptors (Lipinski definition) is 5. The quantitative estimate of drug-likeness (QED) is 0.521. The van der Waals surface area contributed by atoms with Crippen LogP contribution >= 0.6 is 11.3 Å². The molecule has 1 aromatic carbocycles. The van der Waals surface area contributed by atoms with Crippen molar-refractivity contribution in [3.63, 3.8) is 0 Å². The summed E-state index contributed by atoms with van der Waals surface area (Å²) in [5.41, 5.74) is 4.79. The number of non-ortho nitro benzene ring substituents is 1.